The molecule has 2 amide bonds. The van der Waals surface area contributed by atoms with Gasteiger partial charge in [-0.2, -0.15) is 0 Å². The number of aromatic hydroxyl groups is 1. The Morgan fingerprint density at radius 1 is 1.00 bits per heavy atom. The Morgan fingerprint density at radius 2 is 1.59 bits per heavy atom. The van der Waals surface area contributed by atoms with Gasteiger partial charge in [0.15, 0.2) is 0 Å². The fourth-order valence-corrected chi connectivity index (χ4v) is 3.71. The number of nitrogens with zero attached hydrogens (tertiary/aromatic N) is 2. The van der Waals surface area contributed by atoms with Crippen LogP contribution in [0.1, 0.15) is 11.1 Å². The van der Waals surface area contributed by atoms with E-state index < -0.39 is 0 Å². The van der Waals surface area contributed by atoms with Crippen LogP contribution in [0.4, 0.5) is 10.5 Å². The van der Waals surface area contributed by atoms with Crippen LogP contribution < -0.4 is 4.90 Å². The Balaban J connectivity index is 1.68. The molecule has 4 nitrogen and oxygen atoms in total. The van der Waals surface area contributed by atoms with Crippen molar-refractivity contribution in [2.45, 2.75) is 18.4 Å². The zero-order chi connectivity index (χ0) is 15.3. The number of fused-ring (bicyclic) bond motifs is 1. The molecule has 112 valence electrons. The molecule has 1 N–H and O–H groups in total. The lowest BCUT2D eigenvalue weighted by Crippen LogP contribution is -2.45. The number of hydrogen-bond donors (Lipinski definition) is 1. The molecule has 0 saturated carbocycles. The van der Waals surface area contributed by atoms with Crippen molar-refractivity contribution >= 4 is 11.7 Å². The van der Waals surface area contributed by atoms with Crippen LogP contribution in [-0.4, -0.2) is 35.2 Å². The summed E-state index contributed by atoms with van der Waals surface area (Å²) in [6.45, 7) is 0.682. The van der Waals surface area contributed by atoms with Crippen molar-refractivity contribution in [1.82, 2.24) is 4.90 Å². The minimum Gasteiger partial charge on any atom is -0.508 e. The van der Waals surface area contributed by atoms with Crippen molar-refractivity contribution in [3.8, 4) is 5.75 Å². The Labute approximate surface area is 129 Å². The van der Waals surface area contributed by atoms with E-state index in [-0.39, 0.29) is 17.3 Å². The molecule has 0 radical (unpaired) electrons. The highest BCUT2D eigenvalue weighted by Gasteiger charge is 2.51. The van der Waals surface area contributed by atoms with Gasteiger partial charge < -0.3 is 10.0 Å². The molecule has 2 aliphatic rings. The molecule has 0 atom stereocenters. The van der Waals surface area contributed by atoms with Gasteiger partial charge in [-0.05, 0) is 48.2 Å². The molecule has 4 heteroatoms. The van der Waals surface area contributed by atoms with E-state index >= 15 is 0 Å². The number of phenols is 1. The third kappa shape index (κ3) is 1.80. The quantitative estimate of drug-likeness (QED) is 0.879. The maximum Gasteiger partial charge on any atom is 0.324 e. The topological polar surface area (TPSA) is 43.8 Å². The Kier molecular flexibility index (Phi) is 2.70. The molecule has 1 saturated heterocycles. The number of phenolic OH excluding ortho intramolecular Hbond substituents is 1. The number of rotatable bonds is 1. The van der Waals surface area contributed by atoms with Gasteiger partial charge in [0.1, 0.15) is 5.75 Å². The van der Waals surface area contributed by atoms with Crippen molar-refractivity contribution in [3.05, 3.63) is 59.7 Å². The number of urea groups is 1. The van der Waals surface area contributed by atoms with Gasteiger partial charge in [0.2, 0.25) is 0 Å². The van der Waals surface area contributed by atoms with Gasteiger partial charge in [-0.15, -0.1) is 0 Å². The monoisotopic (exact) mass is 294 g/mol. The highest BCUT2D eigenvalue weighted by Crippen LogP contribution is 2.40. The molecule has 0 aromatic heterocycles. The van der Waals surface area contributed by atoms with Crippen LogP contribution in [-0.2, 0) is 12.8 Å². The number of likely N-dealkylation sites (N-methyl/N-ethyl adjacent to an activating group) is 1. The largest absolute Gasteiger partial charge is 0.508 e. The summed E-state index contributed by atoms with van der Waals surface area (Å²) < 4.78 is 0. The van der Waals surface area contributed by atoms with Crippen LogP contribution in [0.25, 0.3) is 0 Å². The molecular weight excluding hydrogens is 276 g/mol. The van der Waals surface area contributed by atoms with Crippen molar-refractivity contribution < 1.29 is 9.90 Å². The molecule has 4 rings (SSSR count). The lowest BCUT2D eigenvalue weighted by atomic mass is 9.95. The number of benzene rings is 2. The standard InChI is InChI=1S/C18H18N2O2/c1-19-17(22)20(15-6-8-16(21)9-7-15)12-18(19)10-13-4-2-3-5-14(13)11-18/h2-9,21H,10-12H2,1H3. The van der Waals surface area contributed by atoms with Gasteiger partial charge in [0.05, 0.1) is 12.1 Å². The molecule has 0 bridgehead atoms. The first-order valence-electron chi connectivity index (χ1n) is 7.50. The molecule has 1 heterocycles. The Hall–Kier alpha value is -2.49. The molecular formula is C18H18N2O2. The maximum atomic E-state index is 12.7. The average Bonchev–Trinajstić information content (AvgIpc) is 3.01. The smallest absolute Gasteiger partial charge is 0.324 e. The first kappa shape index (κ1) is 13.2. The fourth-order valence-electron chi connectivity index (χ4n) is 3.71. The van der Waals surface area contributed by atoms with Crippen LogP contribution >= 0.6 is 0 Å². The fraction of sp³-hybridized carbons (Fsp3) is 0.278. The van der Waals surface area contributed by atoms with E-state index in [1.807, 2.05) is 16.8 Å². The van der Waals surface area contributed by atoms with Gasteiger partial charge in [-0.3, -0.25) is 4.90 Å². The highest BCUT2D eigenvalue weighted by molar-refractivity contribution is 5.95. The second kappa shape index (κ2) is 4.50. The van der Waals surface area contributed by atoms with Crippen LogP contribution in [0.2, 0.25) is 0 Å². The third-order valence-corrected chi connectivity index (χ3v) is 5.00. The number of carbonyl (C=O) groups is 1. The molecule has 1 aliphatic carbocycles. The Bertz CT molecular complexity index is 714. The van der Waals surface area contributed by atoms with Gasteiger partial charge in [0, 0.05) is 12.7 Å². The number of hydrogen-bond acceptors (Lipinski definition) is 2. The van der Waals surface area contributed by atoms with E-state index in [0.717, 1.165) is 18.5 Å². The molecule has 0 unspecified atom stereocenters. The molecule has 1 spiro atoms. The third-order valence-electron chi connectivity index (χ3n) is 5.00. The zero-order valence-electron chi connectivity index (χ0n) is 12.5. The van der Waals surface area contributed by atoms with E-state index in [4.69, 9.17) is 0 Å². The predicted octanol–water partition coefficient (Wildman–Crippen LogP) is 2.80. The first-order valence-corrected chi connectivity index (χ1v) is 7.50. The van der Waals surface area contributed by atoms with Crippen molar-refractivity contribution in [2.75, 3.05) is 18.5 Å². The number of amides is 2. The summed E-state index contributed by atoms with van der Waals surface area (Å²) in [6.07, 6.45) is 1.81. The minimum atomic E-state index is -0.154. The molecule has 1 aliphatic heterocycles. The number of anilines is 1. The van der Waals surface area contributed by atoms with Crippen LogP contribution in [0, 0.1) is 0 Å². The van der Waals surface area contributed by atoms with Crippen LogP contribution in [0.15, 0.2) is 48.5 Å². The van der Waals surface area contributed by atoms with Crippen LogP contribution in [0.5, 0.6) is 5.75 Å². The summed E-state index contributed by atoms with van der Waals surface area (Å²) in [5, 5.41) is 9.43. The maximum absolute atomic E-state index is 12.7. The average molecular weight is 294 g/mol. The van der Waals surface area contributed by atoms with Crippen molar-refractivity contribution in [1.29, 1.82) is 0 Å². The van der Waals surface area contributed by atoms with Crippen molar-refractivity contribution in [3.63, 3.8) is 0 Å². The van der Waals surface area contributed by atoms with Gasteiger partial charge in [0.25, 0.3) is 0 Å². The first-order chi connectivity index (χ1) is 10.6. The zero-order valence-corrected chi connectivity index (χ0v) is 12.5. The summed E-state index contributed by atoms with van der Waals surface area (Å²) in [4.78, 5) is 16.4. The summed E-state index contributed by atoms with van der Waals surface area (Å²) in [7, 11) is 1.90. The van der Waals surface area contributed by atoms with E-state index in [2.05, 4.69) is 24.3 Å². The molecule has 1 fully saturated rings. The lowest BCUT2D eigenvalue weighted by Gasteiger charge is -2.29. The Morgan fingerprint density at radius 3 is 2.18 bits per heavy atom. The van der Waals surface area contributed by atoms with Crippen molar-refractivity contribution in [2.24, 2.45) is 0 Å². The summed E-state index contributed by atoms with van der Waals surface area (Å²) in [5.74, 6) is 0.215. The summed E-state index contributed by atoms with van der Waals surface area (Å²) >= 11 is 0. The highest BCUT2D eigenvalue weighted by atomic mass is 16.3. The van der Waals surface area contributed by atoms with E-state index in [1.165, 1.54) is 11.1 Å². The minimum absolute atomic E-state index is 0.0264. The predicted molar refractivity (Wildman–Crippen MR) is 85.2 cm³/mol. The van der Waals surface area contributed by atoms with Gasteiger partial charge in [-0.25, -0.2) is 4.79 Å². The van der Waals surface area contributed by atoms with Gasteiger partial charge in [-0.1, -0.05) is 24.3 Å². The number of carbonyl (C=O) groups excluding carboxylic acids is 1. The second-order valence-electron chi connectivity index (χ2n) is 6.29. The SMILES string of the molecule is CN1C(=O)N(c2ccc(O)cc2)CC12Cc1ccccc1C2. The molecule has 2 aromatic carbocycles. The molecule has 2 aromatic rings. The summed E-state index contributed by atoms with van der Waals surface area (Å²) in [6, 6.07) is 15.3. The van der Waals surface area contributed by atoms with Gasteiger partial charge >= 0.3 is 6.03 Å². The lowest BCUT2D eigenvalue weighted by molar-refractivity contribution is 0.184. The molecule has 22 heavy (non-hydrogen) atoms. The second-order valence-corrected chi connectivity index (χ2v) is 6.29. The van der Waals surface area contributed by atoms with Crippen LogP contribution in [0.3, 0.4) is 0 Å². The van der Waals surface area contributed by atoms with E-state index in [9.17, 15) is 9.90 Å². The van der Waals surface area contributed by atoms with E-state index in [0.29, 0.717) is 6.54 Å². The van der Waals surface area contributed by atoms with E-state index in [1.54, 1.807) is 24.3 Å². The summed E-state index contributed by atoms with van der Waals surface area (Å²) in [5.41, 5.74) is 3.37. The normalized spacial score (nSPS) is 19.0.